The lowest BCUT2D eigenvalue weighted by Gasteiger charge is -2.31. The van der Waals surface area contributed by atoms with Crippen LogP contribution in [0.1, 0.15) is 24.4 Å². The van der Waals surface area contributed by atoms with Crippen LogP contribution in [0.2, 0.25) is 0 Å². The smallest absolute Gasteiger partial charge is 0.257 e. The lowest BCUT2D eigenvalue weighted by atomic mass is 10.2. The number of H-pyrrole nitrogens is 1. The quantitative estimate of drug-likeness (QED) is 0.769. The molecule has 1 unspecified atom stereocenters. The molecule has 1 aromatic rings. The maximum absolute atomic E-state index is 11.5. The highest BCUT2D eigenvalue weighted by Gasteiger charge is 2.23. The molecule has 0 spiro atoms. The number of likely N-dealkylation sites (N-methyl/N-ethyl adjacent to an activating group) is 1. The molecule has 1 aliphatic rings. The van der Waals surface area contributed by atoms with Crippen LogP contribution in [-0.4, -0.2) is 46.2 Å². The zero-order chi connectivity index (χ0) is 12.4. The van der Waals surface area contributed by atoms with E-state index in [0.717, 1.165) is 13.1 Å². The van der Waals surface area contributed by atoms with Crippen molar-refractivity contribution < 1.29 is 9.84 Å². The molecule has 0 bridgehead atoms. The van der Waals surface area contributed by atoms with E-state index >= 15 is 0 Å². The van der Waals surface area contributed by atoms with Crippen molar-refractivity contribution in [3.8, 4) is 5.88 Å². The summed E-state index contributed by atoms with van der Waals surface area (Å²) in [7, 11) is 0. The molecule has 6 heteroatoms. The number of nitrogens with one attached hydrogen (secondary N) is 1. The third-order valence-electron chi connectivity index (χ3n) is 3.05. The molecule has 6 nitrogen and oxygen atoms in total. The van der Waals surface area contributed by atoms with Crippen molar-refractivity contribution >= 4 is 0 Å². The third-order valence-corrected chi connectivity index (χ3v) is 3.05. The van der Waals surface area contributed by atoms with Crippen molar-refractivity contribution in [1.29, 1.82) is 0 Å². The Kier molecular flexibility index (Phi) is 3.44. The van der Waals surface area contributed by atoms with E-state index in [-0.39, 0.29) is 23.1 Å². The summed E-state index contributed by atoms with van der Waals surface area (Å²) in [6.45, 7) is 6.71. The summed E-state index contributed by atoms with van der Waals surface area (Å²) in [6.07, 6.45) is -0.275. The number of aromatic nitrogens is 2. The van der Waals surface area contributed by atoms with Gasteiger partial charge in [-0.2, -0.15) is 4.98 Å². The second kappa shape index (κ2) is 4.85. The van der Waals surface area contributed by atoms with Gasteiger partial charge in [0.05, 0.1) is 12.2 Å². The summed E-state index contributed by atoms with van der Waals surface area (Å²) >= 11 is 0. The standard InChI is InChI=1S/C11H17N3O3/c1-3-14-4-5-17-8(6-14)9-12-10(15)7(2)11(16)13-9/h8H,3-6H2,1-2H3,(H2,12,13,15,16). The molecule has 0 aromatic carbocycles. The first-order valence-electron chi connectivity index (χ1n) is 5.75. The van der Waals surface area contributed by atoms with Crippen molar-refractivity contribution in [3.63, 3.8) is 0 Å². The normalized spacial score (nSPS) is 21.6. The molecule has 1 aromatic heterocycles. The van der Waals surface area contributed by atoms with E-state index in [4.69, 9.17) is 4.74 Å². The van der Waals surface area contributed by atoms with Gasteiger partial charge in [-0.3, -0.25) is 9.69 Å². The monoisotopic (exact) mass is 239 g/mol. The van der Waals surface area contributed by atoms with E-state index in [9.17, 15) is 9.90 Å². The zero-order valence-electron chi connectivity index (χ0n) is 10.1. The SMILES string of the molecule is CCN1CCOC(c2nc(O)c(C)c(=O)[nH]2)C1. The summed E-state index contributed by atoms with van der Waals surface area (Å²) in [5.41, 5.74) is -0.0818. The van der Waals surface area contributed by atoms with Crippen LogP contribution in [0.5, 0.6) is 5.88 Å². The molecule has 1 saturated heterocycles. The number of rotatable bonds is 2. The fourth-order valence-corrected chi connectivity index (χ4v) is 1.85. The van der Waals surface area contributed by atoms with Crippen LogP contribution in [0.15, 0.2) is 4.79 Å². The van der Waals surface area contributed by atoms with E-state index in [1.54, 1.807) is 0 Å². The molecule has 1 fully saturated rings. The molecule has 1 aliphatic heterocycles. The molecule has 2 rings (SSSR count). The van der Waals surface area contributed by atoms with Gasteiger partial charge in [0.1, 0.15) is 11.9 Å². The average molecular weight is 239 g/mol. The molecule has 2 N–H and O–H groups in total. The number of aromatic hydroxyl groups is 1. The van der Waals surface area contributed by atoms with Crippen LogP contribution < -0.4 is 5.56 Å². The number of hydrogen-bond acceptors (Lipinski definition) is 5. The second-order valence-electron chi connectivity index (χ2n) is 4.15. The van der Waals surface area contributed by atoms with E-state index in [0.29, 0.717) is 19.0 Å². The van der Waals surface area contributed by atoms with Gasteiger partial charge in [-0.25, -0.2) is 0 Å². The van der Waals surface area contributed by atoms with Crippen LogP contribution in [-0.2, 0) is 4.74 Å². The Balaban J connectivity index is 2.25. The Morgan fingerprint density at radius 3 is 3.06 bits per heavy atom. The van der Waals surface area contributed by atoms with Crippen molar-refractivity contribution in [2.24, 2.45) is 0 Å². The van der Waals surface area contributed by atoms with Gasteiger partial charge < -0.3 is 14.8 Å². The molecule has 0 saturated carbocycles. The zero-order valence-corrected chi connectivity index (χ0v) is 10.1. The van der Waals surface area contributed by atoms with Gasteiger partial charge in [-0.15, -0.1) is 0 Å². The molecule has 1 atom stereocenters. The lowest BCUT2D eigenvalue weighted by molar-refractivity contribution is -0.0329. The van der Waals surface area contributed by atoms with Crippen molar-refractivity contribution in [2.45, 2.75) is 20.0 Å². The van der Waals surface area contributed by atoms with Crippen LogP contribution in [0.4, 0.5) is 0 Å². The molecule has 94 valence electrons. The number of hydrogen-bond donors (Lipinski definition) is 2. The summed E-state index contributed by atoms with van der Waals surface area (Å²) in [4.78, 5) is 20.4. The predicted octanol–water partition coefficient (Wildman–Crippen LogP) is 0.177. The molecule has 0 aliphatic carbocycles. The van der Waals surface area contributed by atoms with Gasteiger partial charge in [0.2, 0.25) is 5.88 Å². The van der Waals surface area contributed by atoms with Gasteiger partial charge in [-0.1, -0.05) is 6.92 Å². The molecule has 0 amide bonds. The molecular weight excluding hydrogens is 222 g/mol. The van der Waals surface area contributed by atoms with E-state index < -0.39 is 0 Å². The van der Waals surface area contributed by atoms with Crippen molar-refractivity contribution in [1.82, 2.24) is 14.9 Å². The predicted molar refractivity (Wildman–Crippen MR) is 62.1 cm³/mol. The number of nitrogens with zero attached hydrogens (tertiary/aromatic N) is 2. The highest BCUT2D eigenvalue weighted by atomic mass is 16.5. The van der Waals surface area contributed by atoms with Gasteiger partial charge in [0, 0.05) is 13.1 Å². The minimum absolute atomic E-state index is 0.221. The Morgan fingerprint density at radius 1 is 1.65 bits per heavy atom. The Bertz CT molecular complexity index is 458. The number of ether oxygens (including phenoxy) is 1. The minimum atomic E-state index is -0.315. The van der Waals surface area contributed by atoms with Crippen LogP contribution in [0.3, 0.4) is 0 Å². The van der Waals surface area contributed by atoms with E-state index in [2.05, 4.69) is 21.8 Å². The summed E-state index contributed by atoms with van der Waals surface area (Å²) in [5, 5.41) is 9.53. The van der Waals surface area contributed by atoms with Gasteiger partial charge in [-0.05, 0) is 13.5 Å². The number of morpholine rings is 1. The third kappa shape index (κ3) is 2.48. The fraction of sp³-hybridized carbons (Fsp3) is 0.636. The molecule has 0 radical (unpaired) electrons. The lowest BCUT2D eigenvalue weighted by Crippen LogP contribution is -2.39. The number of aromatic amines is 1. The molecule has 17 heavy (non-hydrogen) atoms. The van der Waals surface area contributed by atoms with Gasteiger partial charge >= 0.3 is 0 Å². The summed E-state index contributed by atoms with van der Waals surface area (Å²) < 4.78 is 5.56. The maximum Gasteiger partial charge on any atom is 0.257 e. The highest BCUT2D eigenvalue weighted by Crippen LogP contribution is 2.20. The second-order valence-corrected chi connectivity index (χ2v) is 4.15. The Morgan fingerprint density at radius 2 is 2.41 bits per heavy atom. The fourth-order valence-electron chi connectivity index (χ4n) is 1.85. The van der Waals surface area contributed by atoms with Crippen molar-refractivity contribution in [2.75, 3.05) is 26.2 Å². The van der Waals surface area contributed by atoms with Gasteiger partial charge in [0.25, 0.3) is 5.56 Å². The Hall–Kier alpha value is -1.40. The minimum Gasteiger partial charge on any atom is -0.493 e. The molecular formula is C11H17N3O3. The van der Waals surface area contributed by atoms with Crippen LogP contribution in [0.25, 0.3) is 0 Å². The van der Waals surface area contributed by atoms with Gasteiger partial charge in [0.15, 0.2) is 0 Å². The first-order valence-corrected chi connectivity index (χ1v) is 5.75. The summed E-state index contributed by atoms with van der Waals surface area (Å²) in [5.74, 6) is 0.178. The topological polar surface area (TPSA) is 78.5 Å². The first kappa shape index (κ1) is 12.1. The van der Waals surface area contributed by atoms with Crippen LogP contribution >= 0.6 is 0 Å². The largest absolute Gasteiger partial charge is 0.493 e. The van der Waals surface area contributed by atoms with Crippen LogP contribution in [0, 0.1) is 6.92 Å². The van der Waals surface area contributed by atoms with Crippen molar-refractivity contribution in [3.05, 3.63) is 21.7 Å². The molecule has 2 heterocycles. The van der Waals surface area contributed by atoms with E-state index in [1.165, 1.54) is 6.92 Å². The maximum atomic E-state index is 11.5. The first-order chi connectivity index (χ1) is 8.11. The highest BCUT2D eigenvalue weighted by molar-refractivity contribution is 5.21. The average Bonchev–Trinajstić information content (AvgIpc) is 2.35. The summed E-state index contributed by atoms with van der Waals surface area (Å²) in [6, 6.07) is 0. The Labute approximate surface area is 99.2 Å². The van der Waals surface area contributed by atoms with E-state index in [1.807, 2.05) is 0 Å².